The summed E-state index contributed by atoms with van der Waals surface area (Å²) in [6, 6.07) is 3.83. The van der Waals surface area contributed by atoms with Gasteiger partial charge >= 0.3 is 0 Å². The van der Waals surface area contributed by atoms with E-state index in [9.17, 15) is 0 Å². The number of nitrogens with zero attached hydrogens (tertiary/aromatic N) is 1. The Labute approximate surface area is 81.1 Å². The Morgan fingerprint density at radius 2 is 2.42 bits per heavy atom. The van der Waals surface area contributed by atoms with E-state index in [1.807, 2.05) is 12.1 Å². The Kier molecular flexibility index (Phi) is 4.08. The van der Waals surface area contributed by atoms with Gasteiger partial charge in [-0.3, -0.25) is 4.98 Å². The zero-order chi connectivity index (χ0) is 8.81. The molecule has 12 heavy (non-hydrogen) atoms. The van der Waals surface area contributed by atoms with Crippen molar-refractivity contribution in [3.05, 3.63) is 24.0 Å². The highest BCUT2D eigenvalue weighted by Gasteiger charge is 1.95. The minimum absolute atomic E-state index is 0.770. The zero-order valence-corrected chi connectivity index (χ0v) is 8.67. The van der Waals surface area contributed by atoms with Crippen molar-refractivity contribution < 1.29 is 4.74 Å². The highest BCUT2D eigenvalue weighted by molar-refractivity contribution is 9.08. The van der Waals surface area contributed by atoms with Gasteiger partial charge < -0.3 is 4.74 Å². The number of halogens is 1. The normalized spacial score (nSPS) is 9.83. The van der Waals surface area contributed by atoms with E-state index in [4.69, 9.17) is 4.74 Å². The predicted octanol–water partition coefficient (Wildman–Crippen LogP) is 2.77. The molecule has 0 amide bonds. The molecule has 0 radical (unpaired) electrons. The molecule has 0 N–H and O–H groups in total. The standard InChI is InChI=1S/C9H12BrNO/c1-2-5-12-9-3-4-11-8(6-9)7-10/h3-4,6H,2,5,7H2,1H3. The molecule has 0 aliphatic heterocycles. The lowest BCUT2D eigenvalue weighted by Gasteiger charge is -2.04. The lowest BCUT2D eigenvalue weighted by Crippen LogP contribution is -1.96. The van der Waals surface area contributed by atoms with Crippen LogP contribution < -0.4 is 4.74 Å². The molecule has 1 aromatic rings. The Hall–Kier alpha value is -0.570. The topological polar surface area (TPSA) is 22.1 Å². The maximum absolute atomic E-state index is 5.44. The lowest BCUT2D eigenvalue weighted by molar-refractivity contribution is 0.317. The van der Waals surface area contributed by atoms with Crippen LogP contribution in [0, 0.1) is 0 Å². The van der Waals surface area contributed by atoms with E-state index in [1.165, 1.54) is 0 Å². The van der Waals surface area contributed by atoms with Gasteiger partial charge in [-0.15, -0.1) is 0 Å². The molecule has 0 bridgehead atoms. The average Bonchev–Trinajstić information content (AvgIpc) is 2.15. The highest BCUT2D eigenvalue weighted by Crippen LogP contribution is 2.12. The number of pyridine rings is 1. The van der Waals surface area contributed by atoms with Crippen molar-refractivity contribution in [2.75, 3.05) is 6.61 Å². The summed E-state index contributed by atoms with van der Waals surface area (Å²) >= 11 is 3.34. The summed E-state index contributed by atoms with van der Waals surface area (Å²) < 4.78 is 5.44. The summed E-state index contributed by atoms with van der Waals surface area (Å²) in [7, 11) is 0. The van der Waals surface area contributed by atoms with Crippen molar-refractivity contribution in [1.29, 1.82) is 0 Å². The van der Waals surface area contributed by atoms with Gasteiger partial charge in [-0.2, -0.15) is 0 Å². The first-order chi connectivity index (χ1) is 5.86. The first-order valence-electron chi connectivity index (χ1n) is 4.00. The number of ether oxygens (including phenoxy) is 1. The van der Waals surface area contributed by atoms with Crippen molar-refractivity contribution in [3.8, 4) is 5.75 Å². The summed E-state index contributed by atoms with van der Waals surface area (Å²) in [6.45, 7) is 2.86. The summed E-state index contributed by atoms with van der Waals surface area (Å²) in [4.78, 5) is 4.14. The van der Waals surface area contributed by atoms with Crippen LogP contribution in [0.5, 0.6) is 5.75 Å². The highest BCUT2D eigenvalue weighted by atomic mass is 79.9. The van der Waals surface area contributed by atoms with Crippen LogP contribution in [0.3, 0.4) is 0 Å². The second-order valence-electron chi connectivity index (χ2n) is 2.46. The Balaban J connectivity index is 2.60. The van der Waals surface area contributed by atoms with Crippen molar-refractivity contribution in [2.45, 2.75) is 18.7 Å². The first-order valence-corrected chi connectivity index (χ1v) is 5.12. The van der Waals surface area contributed by atoms with Crippen molar-refractivity contribution in [1.82, 2.24) is 4.98 Å². The Morgan fingerprint density at radius 1 is 1.58 bits per heavy atom. The van der Waals surface area contributed by atoms with Gasteiger partial charge in [-0.25, -0.2) is 0 Å². The molecule has 66 valence electrons. The molecule has 0 fully saturated rings. The third-order valence-electron chi connectivity index (χ3n) is 1.40. The van der Waals surface area contributed by atoms with Crippen LogP contribution in [0.25, 0.3) is 0 Å². The van der Waals surface area contributed by atoms with Crippen molar-refractivity contribution in [2.24, 2.45) is 0 Å². The minimum Gasteiger partial charge on any atom is -0.493 e. The molecule has 0 saturated carbocycles. The van der Waals surface area contributed by atoms with E-state index in [0.29, 0.717) is 0 Å². The zero-order valence-electron chi connectivity index (χ0n) is 7.09. The molecule has 1 aromatic heterocycles. The molecule has 1 rings (SSSR count). The molecule has 2 nitrogen and oxygen atoms in total. The second kappa shape index (κ2) is 5.14. The van der Waals surface area contributed by atoms with E-state index >= 15 is 0 Å². The molecule has 0 spiro atoms. The molecule has 0 aromatic carbocycles. The maximum atomic E-state index is 5.44. The molecule has 0 aliphatic rings. The number of alkyl halides is 1. The van der Waals surface area contributed by atoms with Crippen LogP contribution in [0.2, 0.25) is 0 Å². The Morgan fingerprint density at radius 3 is 3.08 bits per heavy atom. The van der Waals surface area contributed by atoms with E-state index in [-0.39, 0.29) is 0 Å². The number of aromatic nitrogens is 1. The van der Waals surface area contributed by atoms with Crippen LogP contribution in [0.1, 0.15) is 19.0 Å². The van der Waals surface area contributed by atoms with Crippen LogP contribution >= 0.6 is 15.9 Å². The predicted molar refractivity (Wildman–Crippen MR) is 52.7 cm³/mol. The van der Waals surface area contributed by atoms with Crippen LogP contribution in [0.15, 0.2) is 18.3 Å². The van der Waals surface area contributed by atoms with Gasteiger partial charge in [0.15, 0.2) is 0 Å². The van der Waals surface area contributed by atoms with Gasteiger partial charge in [0, 0.05) is 17.6 Å². The lowest BCUT2D eigenvalue weighted by atomic mass is 10.3. The largest absolute Gasteiger partial charge is 0.493 e. The van der Waals surface area contributed by atoms with Crippen LogP contribution in [-0.4, -0.2) is 11.6 Å². The summed E-state index contributed by atoms with van der Waals surface area (Å²) in [5.74, 6) is 0.904. The van der Waals surface area contributed by atoms with E-state index in [2.05, 4.69) is 27.8 Å². The molecular formula is C9H12BrNO. The molecule has 0 atom stereocenters. The summed E-state index contributed by atoms with van der Waals surface area (Å²) in [5, 5.41) is 0.774. The van der Waals surface area contributed by atoms with Crippen LogP contribution in [0.4, 0.5) is 0 Å². The molecule has 0 unspecified atom stereocenters. The minimum atomic E-state index is 0.770. The van der Waals surface area contributed by atoms with Crippen molar-refractivity contribution >= 4 is 15.9 Å². The summed E-state index contributed by atoms with van der Waals surface area (Å²) in [5.41, 5.74) is 1.00. The van der Waals surface area contributed by atoms with Gasteiger partial charge in [0.25, 0.3) is 0 Å². The fourth-order valence-electron chi connectivity index (χ4n) is 0.839. The maximum Gasteiger partial charge on any atom is 0.122 e. The second-order valence-corrected chi connectivity index (χ2v) is 3.03. The number of hydrogen-bond donors (Lipinski definition) is 0. The van der Waals surface area contributed by atoms with E-state index in [1.54, 1.807) is 6.20 Å². The molecule has 3 heteroatoms. The molecule has 0 aliphatic carbocycles. The SMILES string of the molecule is CCCOc1ccnc(CBr)c1. The van der Waals surface area contributed by atoms with Gasteiger partial charge in [0.2, 0.25) is 0 Å². The molecule has 0 saturated heterocycles. The third kappa shape index (κ3) is 2.81. The van der Waals surface area contributed by atoms with E-state index in [0.717, 1.165) is 29.8 Å². The van der Waals surface area contributed by atoms with Gasteiger partial charge in [0.05, 0.1) is 12.3 Å². The smallest absolute Gasteiger partial charge is 0.122 e. The van der Waals surface area contributed by atoms with Gasteiger partial charge in [0.1, 0.15) is 5.75 Å². The molecular weight excluding hydrogens is 218 g/mol. The van der Waals surface area contributed by atoms with Gasteiger partial charge in [-0.05, 0) is 12.5 Å². The fourth-order valence-corrected chi connectivity index (χ4v) is 1.15. The van der Waals surface area contributed by atoms with Crippen LogP contribution in [-0.2, 0) is 5.33 Å². The summed E-state index contributed by atoms with van der Waals surface area (Å²) in [6.07, 6.45) is 2.80. The third-order valence-corrected chi connectivity index (χ3v) is 1.97. The van der Waals surface area contributed by atoms with Gasteiger partial charge in [-0.1, -0.05) is 22.9 Å². The average molecular weight is 230 g/mol. The first kappa shape index (κ1) is 9.52. The monoisotopic (exact) mass is 229 g/mol. The quantitative estimate of drug-likeness (QED) is 0.742. The number of rotatable bonds is 4. The Bertz CT molecular complexity index is 240. The van der Waals surface area contributed by atoms with E-state index < -0.39 is 0 Å². The van der Waals surface area contributed by atoms with Crippen molar-refractivity contribution in [3.63, 3.8) is 0 Å². The molecule has 1 heterocycles. The fraction of sp³-hybridized carbons (Fsp3) is 0.444. The number of hydrogen-bond acceptors (Lipinski definition) is 2.